The highest BCUT2D eigenvalue weighted by Gasteiger charge is 2.33. The second-order valence-corrected chi connectivity index (χ2v) is 5.03. The smallest absolute Gasteiger partial charge is 0.132 e. The highest BCUT2D eigenvalue weighted by atomic mass is 16.5. The van der Waals surface area contributed by atoms with Gasteiger partial charge in [0.05, 0.1) is 12.9 Å². The molecular weight excluding hydrogens is 240 g/mol. The molecule has 0 unspecified atom stereocenters. The molecule has 0 saturated carbocycles. The van der Waals surface area contributed by atoms with Gasteiger partial charge in [-0.1, -0.05) is 30.3 Å². The van der Waals surface area contributed by atoms with Crippen molar-refractivity contribution >= 4 is 0 Å². The van der Waals surface area contributed by atoms with Crippen LogP contribution in [0.2, 0.25) is 0 Å². The van der Waals surface area contributed by atoms with Crippen LogP contribution in [0.3, 0.4) is 0 Å². The van der Waals surface area contributed by atoms with Crippen molar-refractivity contribution in [2.75, 3.05) is 13.2 Å². The third kappa shape index (κ3) is 2.57. The molecular formula is C16H18O3. The van der Waals surface area contributed by atoms with E-state index in [4.69, 9.17) is 9.15 Å². The lowest BCUT2D eigenvalue weighted by Crippen LogP contribution is -2.30. The molecule has 1 aromatic heterocycles. The lowest BCUT2D eigenvalue weighted by Gasteiger charge is -2.35. The zero-order valence-corrected chi connectivity index (χ0v) is 10.7. The van der Waals surface area contributed by atoms with E-state index in [0.29, 0.717) is 12.5 Å². The van der Waals surface area contributed by atoms with E-state index in [-0.39, 0.29) is 18.6 Å². The van der Waals surface area contributed by atoms with Gasteiger partial charge in [-0.25, -0.2) is 0 Å². The molecule has 1 saturated heterocycles. The molecule has 3 rings (SSSR count). The first-order valence-corrected chi connectivity index (χ1v) is 6.69. The quantitative estimate of drug-likeness (QED) is 0.919. The number of aliphatic hydroxyl groups is 1. The van der Waals surface area contributed by atoms with Crippen molar-refractivity contribution in [3.8, 4) is 0 Å². The van der Waals surface area contributed by atoms with Gasteiger partial charge in [0.15, 0.2) is 0 Å². The summed E-state index contributed by atoms with van der Waals surface area (Å²) in [6, 6.07) is 14.2. The first-order valence-electron chi connectivity index (χ1n) is 6.69. The van der Waals surface area contributed by atoms with Crippen molar-refractivity contribution in [2.24, 2.45) is 5.92 Å². The van der Waals surface area contributed by atoms with Crippen molar-refractivity contribution in [3.05, 3.63) is 60.1 Å². The van der Waals surface area contributed by atoms with E-state index in [1.807, 2.05) is 30.3 Å². The van der Waals surface area contributed by atoms with Gasteiger partial charge in [0.1, 0.15) is 11.9 Å². The fourth-order valence-corrected chi connectivity index (χ4v) is 2.81. The van der Waals surface area contributed by atoms with Crippen LogP contribution in [0.5, 0.6) is 0 Å². The van der Waals surface area contributed by atoms with Crippen LogP contribution >= 0.6 is 0 Å². The minimum Gasteiger partial charge on any atom is -0.467 e. The number of aliphatic hydroxyl groups excluding tert-OH is 1. The van der Waals surface area contributed by atoms with Crippen molar-refractivity contribution in [1.29, 1.82) is 0 Å². The van der Waals surface area contributed by atoms with Crippen molar-refractivity contribution in [1.82, 2.24) is 0 Å². The number of benzene rings is 1. The highest BCUT2D eigenvalue weighted by molar-refractivity contribution is 5.22. The van der Waals surface area contributed by atoms with Gasteiger partial charge in [0, 0.05) is 12.5 Å². The lowest BCUT2D eigenvalue weighted by molar-refractivity contribution is -0.0526. The second-order valence-electron chi connectivity index (χ2n) is 5.03. The standard InChI is InChI=1S/C16H18O3/c17-10-13-11-19-16(15-7-4-8-18-15)9-14(13)12-5-2-1-3-6-12/h1-8,13-14,16-17H,9-11H2/t13-,14+,16-/m0/s1. The maximum Gasteiger partial charge on any atom is 0.132 e. The Morgan fingerprint density at radius 2 is 1.95 bits per heavy atom. The van der Waals surface area contributed by atoms with Gasteiger partial charge in [-0.2, -0.15) is 0 Å². The summed E-state index contributed by atoms with van der Waals surface area (Å²) in [5, 5.41) is 9.54. The van der Waals surface area contributed by atoms with Crippen LogP contribution in [0, 0.1) is 5.92 Å². The number of ether oxygens (including phenoxy) is 1. The van der Waals surface area contributed by atoms with Gasteiger partial charge < -0.3 is 14.3 Å². The number of rotatable bonds is 3. The Morgan fingerprint density at radius 3 is 2.63 bits per heavy atom. The third-order valence-corrected chi connectivity index (χ3v) is 3.87. The normalized spacial score (nSPS) is 27.3. The maximum atomic E-state index is 9.54. The minimum absolute atomic E-state index is 0.0111. The summed E-state index contributed by atoms with van der Waals surface area (Å²) in [6.07, 6.45) is 2.51. The fraction of sp³-hybridized carbons (Fsp3) is 0.375. The molecule has 0 radical (unpaired) electrons. The zero-order chi connectivity index (χ0) is 13.1. The maximum absolute atomic E-state index is 9.54. The summed E-state index contributed by atoms with van der Waals surface area (Å²) in [7, 11) is 0. The van der Waals surface area contributed by atoms with Crippen LogP contribution < -0.4 is 0 Å². The van der Waals surface area contributed by atoms with E-state index >= 15 is 0 Å². The zero-order valence-electron chi connectivity index (χ0n) is 10.7. The van der Waals surface area contributed by atoms with Gasteiger partial charge >= 0.3 is 0 Å². The topological polar surface area (TPSA) is 42.6 Å². The predicted molar refractivity (Wildman–Crippen MR) is 71.8 cm³/mol. The first-order chi connectivity index (χ1) is 9.38. The largest absolute Gasteiger partial charge is 0.467 e. The molecule has 1 aliphatic heterocycles. The van der Waals surface area contributed by atoms with Crippen molar-refractivity contribution in [3.63, 3.8) is 0 Å². The van der Waals surface area contributed by atoms with Crippen LogP contribution in [-0.4, -0.2) is 18.3 Å². The summed E-state index contributed by atoms with van der Waals surface area (Å²) in [5.41, 5.74) is 1.27. The molecule has 3 nitrogen and oxygen atoms in total. The number of furan rings is 1. The SMILES string of the molecule is OC[C@H]1CO[C@H](c2ccco2)C[C@@H]1c1ccccc1. The summed E-state index contributed by atoms with van der Waals surface area (Å²) in [6.45, 7) is 0.728. The van der Waals surface area contributed by atoms with Gasteiger partial charge in [-0.15, -0.1) is 0 Å². The fourth-order valence-electron chi connectivity index (χ4n) is 2.81. The van der Waals surface area contributed by atoms with Crippen LogP contribution in [-0.2, 0) is 4.74 Å². The van der Waals surface area contributed by atoms with Gasteiger partial charge in [-0.05, 0) is 30.0 Å². The highest BCUT2D eigenvalue weighted by Crippen LogP contribution is 2.40. The Bertz CT molecular complexity index is 492. The monoisotopic (exact) mass is 258 g/mol. The Kier molecular flexibility index (Phi) is 3.67. The van der Waals surface area contributed by atoms with Crippen LogP contribution in [0.1, 0.15) is 29.8 Å². The predicted octanol–water partition coefficient (Wildman–Crippen LogP) is 3.13. The van der Waals surface area contributed by atoms with E-state index in [0.717, 1.165) is 12.2 Å². The van der Waals surface area contributed by atoms with Crippen LogP contribution in [0.25, 0.3) is 0 Å². The van der Waals surface area contributed by atoms with E-state index in [1.54, 1.807) is 6.26 Å². The lowest BCUT2D eigenvalue weighted by atomic mass is 9.80. The first kappa shape index (κ1) is 12.5. The van der Waals surface area contributed by atoms with Crippen molar-refractivity contribution in [2.45, 2.75) is 18.4 Å². The Hall–Kier alpha value is -1.58. The molecule has 0 aliphatic carbocycles. The summed E-state index contributed by atoms with van der Waals surface area (Å²) >= 11 is 0. The molecule has 3 heteroatoms. The summed E-state index contributed by atoms with van der Waals surface area (Å²) in [5.74, 6) is 1.35. The summed E-state index contributed by atoms with van der Waals surface area (Å²) in [4.78, 5) is 0. The van der Waals surface area contributed by atoms with Crippen molar-refractivity contribution < 1.29 is 14.3 Å². The molecule has 2 aromatic rings. The summed E-state index contributed by atoms with van der Waals surface area (Å²) < 4.78 is 11.3. The molecule has 100 valence electrons. The molecule has 2 heterocycles. The molecule has 0 spiro atoms. The number of hydrogen-bond donors (Lipinski definition) is 1. The molecule has 19 heavy (non-hydrogen) atoms. The molecule has 0 bridgehead atoms. The average Bonchev–Trinajstić information content (AvgIpc) is 3.02. The Labute approximate surface area is 112 Å². The molecule has 1 N–H and O–H groups in total. The molecule has 1 aliphatic rings. The van der Waals surface area contributed by atoms with Gasteiger partial charge in [-0.3, -0.25) is 0 Å². The Morgan fingerprint density at radius 1 is 1.11 bits per heavy atom. The van der Waals surface area contributed by atoms with Crippen LogP contribution in [0.15, 0.2) is 53.1 Å². The van der Waals surface area contributed by atoms with Crippen LogP contribution in [0.4, 0.5) is 0 Å². The van der Waals surface area contributed by atoms with E-state index in [2.05, 4.69) is 12.1 Å². The van der Waals surface area contributed by atoms with E-state index < -0.39 is 0 Å². The minimum atomic E-state index is -0.0111. The Balaban J connectivity index is 1.83. The number of hydrogen-bond acceptors (Lipinski definition) is 3. The molecule has 0 amide bonds. The van der Waals surface area contributed by atoms with Gasteiger partial charge in [0.2, 0.25) is 0 Å². The average molecular weight is 258 g/mol. The molecule has 1 aromatic carbocycles. The third-order valence-electron chi connectivity index (χ3n) is 3.87. The van der Waals surface area contributed by atoms with E-state index in [9.17, 15) is 5.11 Å². The van der Waals surface area contributed by atoms with Gasteiger partial charge in [0.25, 0.3) is 0 Å². The molecule has 1 fully saturated rings. The van der Waals surface area contributed by atoms with E-state index in [1.165, 1.54) is 5.56 Å². The second kappa shape index (κ2) is 5.59. The molecule has 3 atom stereocenters.